The van der Waals surface area contributed by atoms with Gasteiger partial charge in [-0.2, -0.15) is 0 Å². The lowest BCUT2D eigenvalue weighted by Crippen LogP contribution is -2.31. The molecule has 1 amide bonds. The molecule has 0 aliphatic heterocycles. The van der Waals surface area contributed by atoms with Crippen LogP contribution < -0.4 is 14.8 Å². The molecule has 37 heavy (non-hydrogen) atoms. The highest BCUT2D eigenvalue weighted by Crippen LogP contribution is 2.21. The van der Waals surface area contributed by atoms with Crippen LogP contribution in [-0.2, 0) is 17.8 Å². The number of amides is 1. The van der Waals surface area contributed by atoms with E-state index in [9.17, 15) is 4.79 Å². The Morgan fingerprint density at radius 3 is 2.57 bits per heavy atom. The first kappa shape index (κ1) is 26.3. The van der Waals surface area contributed by atoms with Crippen LogP contribution >= 0.6 is 0 Å². The van der Waals surface area contributed by atoms with Gasteiger partial charge >= 0.3 is 0 Å². The molecule has 194 valence electrons. The number of nitrogens with zero attached hydrogens (tertiary/aromatic N) is 2. The third kappa shape index (κ3) is 7.13. The quantitative estimate of drug-likeness (QED) is 0.243. The Morgan fingerprint density at radius 2 is 1.78 bits per heavy atom. The first-order valence-corrected chi connectivity index (χ1v) is 13.0. The molecule has 1 heterocycles. The zero-order chi connectivity index (χ0) is 26.2. The molecule has 0 aliphatic rings. The Morgan fingerprint density at radius 1 is 1.00 bits per heavy atom. The number of hydrogen-bond donors (Lipinski definition) is 1. The number of para-hydroxylation sites is 2. The summed E-state index contributed by atoms with van der Waals surface area (Å²) in [7, 11) is 0. The zero-order valence-electron chi connectivity index (χ0n) is 22.3. The molecule has 0 spiro atoms. The minimum Gasteiger partial charge on any atom is -0.494 e. The van der Waals surface area contributed by atoms with Crippen molar-refractivity contribution in [1.82, 2.24) is 14.9 Å². The molecule has 0 bridgehead atoms. The van der Waals surface area contributed by atoms with E-state index in [-0.39, 0.29) is 12.5 Å². The number of benzene rings is 3. The lowest BCUT2D eigenvalue weighted by atomic mass is 10.0. The van der Waals surface area contributed by atoms with Crippen molar-refractivity contribution in [3.63, 3.8) is 0 Å². The maximum absolute atomic E-state index is 12.4. The van der Waals surface area contributed by atoms with E-state index >= 15 is 0 Å². The summed E-state index contributed by atoms with van der Waals surface area (Å²) in [6, 6.07) is 22.5. The SMILES string of the molecule is Cc1ccc(C)c(OCC(=O)NCCc2nc3ccccc3n2CCCOc2ccc(C(C)C)cc2)c1. The minimum absolute atomic E-state index is 0.00377. The zero-order valence-corrected chi connectivity index (χ0v) is 22.3. The van der Waals surface area contributed by atoms with Gasteiger partial charge in [-0.05, 0) is 73.2 Å². The van der Waals surface area contributed by atoms with Gasteiger partial charge in [0.05, 0.1) is 17.6 Å². The summed E-state index contributed by atoms with van der Waals surface area (Å²) >= 11 is 0. The maximum Gasteiger partial charge on any atom is 0.257 e. The Labute approximate surface area is 219 Å². The molecule has 4 aromatic rings. The molecule has 0 saturated heterocycles. The van der Waals surface area contributed by atoms with Crippen LogP contribution in [0.1, 0.15) is 48.7 Å². The summed E-state index contributed by atoms with van der Waals surface area (Å²) in [6.45, 7) is 10.3. The monoisotopic (exact) mass is 499 g/mol. The first-order chi connectivity index (χ1) is 17.9. The molecule has 0 saturated carbocycles. The topological polar surface area (TPSA) is 65.4 Å². The molecule has 3 aromatic carbocycles. The van der Waals surface area contributed by atoms with Gasteiger partial charge in [0.2, 0.25) is 0 Å². The second-order valence-corrected chi connectivity index (χ2v) is 9.75. The Bertz CT molecular complexity index is 1330. The van der Waals surface area contributed by atoms with Crippen LogP contribution in [0.25, 0.3) is 11.0 Å². The molecule has 6 heteroatoms. The molecule has 1 aromatic heterocycles. The number of carbonyl (C=O) groups excluding carboxylic acids is 1. The average Bonchev–Trinajstić information content (AvgIpc) is 3.24. The van der Waals surface area contributed by atoms with Crippen LogP contribution in [0.5, 0.6) is 11.5 Å². The highest BCUT2D eigenvalue weighted by Gasteiger charge is 2.12. The van der Waals surface area contributed by atoms with E-state index in [0.29, 0.717) is 25.5 Å². The van der Waals surface area contributed by atoms with Crippen LogP contribution in [0.3, 0.4) is 0 Å². The molecular formula is C31H37N3O3. The summed E-state index contributed by atoms with van der Waals surface area (Å²) in [6.07, 6.45) is 1.50. The summed E-state index contributed by atoms with van der Waals surface area (Å²) in [5.41, 5.74) is 5.50. The predicted octanol–water partition coefficient (Wildman–Crippen LogP) is 5.98. The fourth-order valence-corrected chi connectivity index (χ4v) is 4.30. The lowest BCUT2D eigenvalue weighted by molar-refractivity contribution is -0.123. The number of aryl methyl sites for hydroxylation is 3. The Hall–Kier alpha value is -3.80. The highest BCUT2D eigenvalue weighted by molar-refractivity contribution is 5.78. The molecule has 4 rings (SSSR count). The number of ether oxygens (including phenoxy) is 2. The van der Waals surface area contributed by atoms with Gasteiger partial charge in [-0.25, -0.2) is 4.98 Å². The number of aromatic nitrogens is 2. The molecular weight excluding hydrogens is 462 g/mol. The van der Waals surface area contributed by atoms with Crippen molar-refractivity contribution in [2.75, 3.05) is 19.8 Å². The number of fused-ring (bicyclic) bond motifs is 1. The normalized spacial score (nSPS) is 11.2. The molecule has 0 aliphatic carbocycles. The van der Waals surface area contributed by atoms with Gasteiger partial charge in [0, 0.05) is 19.5 Å². The summed E-state index contributed by atoms with van der Waals surface area (Å²) in [4.78, 5) is 17.2. The van der Waals surface area contributed by atoms with Crippen LogP contribution in [0.15, 0.2) is 66.7 Å². The van der Waals surface area contributed by atoms with E-state index in [1.807, 2.05) is 62.4 Å². The second kappa shape index (κ2) is 12.4. The summed E-state index contributed by atoms with van der Waals surface area (Å²) < 4.78 is 13.9. The van der Waals surface area contributed by atoms with Crippen molar-refractivity contribution in [1.29, 1.82) is 0 Å². The van der Waals surface area contributed by atoms with Gasteiger partial charge in [-0.3, -0.25) is 4.79 Å². The molecule has 0 radical (unpaired) electrons. The largest absolute Gasteiger partial charge is 0.494 e. The van der Waals surface area contributed by atoms with Gasteiger partial charge in [-0.15, -0.1) is 0 Å². The van der Waals surface area contributed by atoms with E-state index in [2.05, 4.69) is 41.9 Å². The number of hydrogen-bond acceptors (Lipinski definition) is 4. The van der Waals surface area contributed by atoms with E-state index in [1.54, 1.807) is 0 Å². The van der Waals surface area contributed by atoms with Crippen molar-refractivity contribution < 1.29 is 14.3 Å². The molecule has 0 unspecified atom stereocenters. The standard InChI is InChI=1S/C31H37N3O3/c1-22(2)25-12-14-26(15-13-25)36-19-7-18-34-28-9-6-5-8-27(28)33-30(34)16-17-32-31(35)21-37-29-20-23(3)10-11-24(29)4/h5-6,8-15,20,22H,7,16-19,21H2,1-4H3,(H,32,35). The van der Waals surface area contributed by atoms with E-state index in [0.717, 1.165) is 52.4 Å². The number of carbonyl (C=O) groups is 1. The summed E-state index contributed by atoms with van der Waals surface area (Å²) in [5.74, 6) is 2.97. The van der Waals surface area contributed by atoms with Crippen LogP contribution in [0.4, 0.5) is 0 Å². The number of rotatable bonds is 12. The fraction of sp³-hybridized carbons (Fsp3) is 0.355. The molecule has 1 N–H and O–H groups in total. The smallest absolute Gasteiger partial charge is 0.257 e. The van der Waals surface area contributed by atoms with Gasteiger partial charge in [-0.1, -0.05) is 50.2 Å². The third-order valence-corrected chi connectivity index (χ3v) is 6.45. The van der Waals surface area contributed by atoms with Crippen molar-refractivity contribution in [3.8, 4) is 11.5 Å². The maximum atomic E-state index is 12.4. The number of nitrogens with one attached hydrogen (secondary N) is 1. The van der Waals surface area contributed by atoms with Crippen molar-refractivity contribution in [2.45, 2.75) is 53.0 Å². The van der Waals surface area contributed by atoms with Crippen LogP contribution in [0.2, 0.25) is 0 Å². The molecule has 0 fully saturated rings. The second-order valence-electron chi connectivity index (χ2n) is 9.75. The third-order valence-electron chi connectivity index (χ3n) is 6.45. The lowest BCUT2D eigenvalue weighted by Gasteiger charge is -2.12. The van der Waals surface area contributed by atoms with Crippen molar-refractivity contribution in [3.05, 3.63) is 89.2 Å². The molecule has 6 nitrogen and oxygen atoms in total. The van der Waals surface area contributed by atoms with Crippen LogP contribution in [-0.4, -0.2) is 35.2 Å². The van der Waals surface area contributed by atoms with Gasteiger partial charge in [0.15, 0.2) is 6.61 Å². The minimum atomic E-state index is -0.138. The van der Waals surface area contributed by atoms with E-state index in [1.165, 1.54) is 5.56 Å². The Balaban J connectivity index is 1.29. The predicted molar refractivity (Wildman–Crippen MR) is 149 cm³/mol. The first-order valence-electron chi connectivity index (χ1n) is 13.0. The van der Waals surface area contributed by atoms with Gasteiger partial charge < -0.3 is 19.4 Å². The van der Waals surface area contributed by atoms with Crippen LogP contribution in [0, 0.1) is 13.8 Å². The molecule has 0 atom stereocenters. The number of imidazole rings is 1. The van der Waals surface area contributed by atoms with Gasteiger partial charge in [0.25, 0.3) is 5.91 Å². The van der Waals surface area contributed by atoms with E-state index in [4.69, 9.17) is 14.5 Å². The van der Waals surface area contributed by atoms with Crippen molar-refractivity contribution >= 4 is 16.9 Å². The van der Waals surface area contributed by atoms with E-state index < -0.39 is 0 Å². The average molecular weight is 500 g/mol. The summed E-state index contributed by atoms with van der Waals surface area (Å²) in [5, 5.41) is 2.97. The van der Waals surface area contributed by atoms with Gasteiger partial charge in [0.1, 0.15) is 17.3 Å². The Kier molecular flexibility index (Phi) is 8.83. The van der Waals surface area contributed by atoms with Crippen molar-refractivity contribution in [2.24, 2.45) is 0 Å². The highest BCUT2D eigenvalue weighted by atomic mass is 16.5. The fourth-order valence-electron chi connectivity index (χ4n) is 4.30.